The summed E-state index contributed by atoms with van der Waals surface area (Å²) in [6.45, 7) is 2.75. The molecule has 1 saturated carbocycles. The van der Waals surface area contributed by atoms with Gasteiger partial charge in [0.25, 0.3) is 0 Å². The number of allylic oxidation sites excluding steroid dienone is 1. The van der Waals surface area contributed by atoms with E-state index in [-0.39, 0.29) is 5.82 Å². The van der Waals surface area contributed by atoms with Crippen LogP contribution in [0.15, 0.2) is 77.8 Å². The highest BCUT2D eigenvalue weighted by Gasteiger charge is 2.37. The first-order valence-corrected chi connectivity index (χ1v) is 12.6. The lowest BCUT2D eigenvalue weighted by Crippen LogP contribution is -2.53. The molecule has 8 nitrogen and oxygen atoms in total. The molecule has 1 saturated heterocycles. The Morgan fingerprint density at radius 2 is 1.81 bits per heavy atom. The lowest BCUT2D eigenvalue weighted by Gasteiger charge is -2.41. The lowest BCUT2D eigenvalue weighted by atomic mass is 10.1. The number of amidine groups is 1. The Morgan fingerprint density at radius 3 is 2.50 bits per heavy atom. The number of benzene rings is 2. The zero-order chi connectivity index (χ0) is 24.5. The van der Waals surface area contributed by atoms with E-state index in [9.17, 15) is 9.50 Å². The maximum Gasteiger partial charge on any atom is 0.190 e. The van der Waals surface area contributed by atoms with E-state index in [0.717, 1.165) is 68.2 Å². The molecule has 0 amide bonds. The van der Waals surface area contributed by atoms with Gasteiger partial charge in [-0.25, -0.2) is 14.1 Å². The number of hydrogen-bond donors (Lipinski definition) is 2. The van der Waals surface area contributed by atoms with Crippen molar-refractivity contribution < 1.29 is 9.50 Å². The SMILES string of the molecule is OC1C(N2CCC2)=NC(CCCN[C@@H]2C[C@H]2c2ccc(F)cc2)=CN1c1ccc(-n2ccnn2)cc1. The van der Waals surface area contributed by atoms with Gasteiger partial charge in [-0.1, -0.05) is 17.3 Å². The smallest absolute Gasteiger partial charge is 0.190 e. The summed E-state index contributed by atoms with van der Waals surface area (Å²) in [4.78, 5) is 8.91. The van der Waals surface area contributed by atoms with Gasteiger partial charge in [0, 0.05) is 36.9 Å². The van der Waals surface area contributed by atoms with Gasteiger partial charge in [-0.05, 0) is 74.2 Å². The van der Waals surface area contributed by atoms with Crippen molar-refractivity contribution >= 4 is 11.5 Å². The molecule has 36 heavy (non-hydrogen) atoms. The molecule has 0 radical (unpaired) electrons. The van der Waals surface area contributed by atoms with Gasteiger partial charge >= 0.3 is 0 Å². The van der Waals surface area contributed by atoms with Gasteiger partial charge in [0.2, 0.25) is 0 Å². The van der Waals surface area contributed by atoms with Gasteiger partial charge in [0.15, 0.2) is 12.1 Å². The second-order valence-corrected chi connectivity index (χ2v) is 9.63. The minimum atomic E-state index is -0.813. The standard InChI is InChI=1S/C27H30FN7O/c28-20-6-4-19(5-7-20)24-17-25(24)29-12-1-3-21-18-34(27(36)26(31-21)33-14-2-15-33)22-8-10-23(11-9-22)35-16-13-30-32-35/h4-11,13,16,18,24-25,27,29,36H,1-3,12,14-15,17H2/t24-,25+,27?/m0/s1. The number of nitrogens with zero attached hydrogens (tertiary/aromatic N) is 6. The van der Waals surface area contributed by atoms with Crippen molar-refractivity contribution in [3.8, 4) is 5.69 Å². The predicted octanol–water partition coefficient (Wildman–Crippen LogP) is 3.42. The maximum absolute atomic E-state index is 13.2. The fraction of sp³-hybridized carbons (Fsp3) is 0.370. The molecule has 3 atom stereocenters. The van der Waals surface area contributed by atoms with E-state index in [0.29, 0.717) is 12.0 Å². The van der Waals surface area contributed by atoms with Crippen LogP contribution in [0.25, 0.3) is 5.69 Å². The number of hydrogen-bond acceptors (Lipinski definition) is 7. The van der Waals surface area contributed by atoms with Crippen LogP contribution in [0.5, 0.6) is 0 Å². The molecule has 9 heteroatoms. The fourth-order valence-corrected chi connectivity index (χ4v) is 4.88. The van der Waals surface area contributed by atoms with Crippen LogP contribution in [0.2, 0.25) is 0 Å². The average Bonchev–Trinajstić information content (AvgIpc) is 3.42. The van der Waals surface area contributed by atoms with Crippen LogP contribution in [0.3, 0.4) is 0 Å². The molecule has 2 fully saturated rings. The number of aliphatic hydroxyl groups excluding tert-OH is 1. The molecule has 0 spiro atoms. The van der Waals surface area contributed by atoms with Crippen molar-refractivity contribution in [2.24, 2.45) is 4.99 Å². The van der Waals surface area contributed by atoms with Gasteiger partial charge in [-0.15, -0.1) is 5.10 Å². The molecule has 2 aliphatic heterocycles. The van der Waals surface area contributed by atoms with Crippen LogP contribution in [0.4, 0.5) is 10.1 Å². The number of aliphatic imine (C=N–C) groups is 1. The number of anilines is 1. The minimum Gasteiger partial charge on any atom is -0.366 e. The molecule has 1 unspecified atom stereocenters. The van der Waals surface area contributed by atoms with Crippen LogP contribution >= 0.6 is 0 Å². The van der Waals surface area contributed by atoms with Crippen molar-refractivity contribution in [2.75, 3.05) is 24.5 Å². The molecule has 186 valence electrons. The van der Waals surface area contributed by atoms with Crippen molar-refractivity contribution in [3.63, 3.8) is 0 Å². The van der Waals surface area contributed by atoms with E-state index < -0.39 is 6.23 Å². The number of rotatable bonds is 8. The van der Waals surface area contributed by atoms with Crippen LogP contribution in [-0.2, 0) is 0 Å². The zero-order valence-corrected chi connectivity index (χ0v) is 20.0. The molecule has 1 aromatic heterocycles. The third-order valence-corrected chi connectivity index (χ3v) is 7.16. The Kier molecular flexibility index (Phi) is 6.25. The minimum absolute atomic E-state index is 0.187. The van der Waals surface area contributed by atoms with E-state index in [1.54, 1.807) is 17.1 Å². The third kappa shape index (κ3) is 4.76. The second-order valence-electron chi connectivity index (χ2n) is 9.63. The summed E-state index contributed by atoms with van der Waals surface area (Å²) < 4.78 is 14.9. The first-order valence-electron chi connectivity index (χ1n) is 12.6. The largest absolute Gasteiger partial charge is 0.366 e. The first-order chi connectivity index (χ1) is 17.7. The summed E-state index contributed by atoms with van der Waals surface area (Å²) in [5.41, 5.74) is 3.98. The highest BCUT2D eigenvalue weighted by Crippen LogP contribution is 2.40. The molecule has 2 N–H and O–H groups in total. The maximum atomic E-state index is 13.2. The summed E-state index contributed by atoms with van der Waals surface area (Å²) in [7, 11) is 0. The summed E-state index contributed by atoms with van der Waals surface area (Å²) in [5.74, 6) is 1.01. The van der Waals surface area contributed by atoms with Gasteiger partial charge in [-0.3, -0.25) is 0 Å². The fourth-order valence-electron chi connectivity index (χ4n) is 4.88. The van der Waals surface area contributed by atoms with E-state index in [1.807, 2.05) is 47.5 Å². The Bertz CT molecular complexity index is 1240. The number of likely N-dealkylation sites (tertiary alicyclic amines) is 1. The molecular formula is C27H30FN7O. The van der Waals surface area contributed by atoms with E-state index in [1.165, 1.54) is 17.7 Å². The molecule has 3 aromatic rings. The summed E-state index contributed by atoms with van der Waals surface area (Å²) in [5, 5.41) is 22.7. The Balaban J connectivity index is 1.09. The van der Waals surface area contributed by atoms with Gasteiger partial charge in [0.1, 0.15) is 5.82 Å². The van der Waals surface area contributed by atoms with Gasteiger partial charge in [0.05, 0.1) is 23.8 Å². The van der Waals surface area contributed by atoms with E-state index in [4.69, 9.17) is 4.99 Å². The molecule has 3 heterocycles. The summed E-state index contributed by atoms with van der Waals surface area (Å²) in [6.07, 6.45) is 8.59. The molecule has 1 aliphatic carbocycles. The van der Waals surface area contributed by atoms with E-state index >= 15 is 0 Å². The quantitative estimate of drug-likeness (QED) is 0.474. The van der Waals surface area contributed by atoms with Gasteiger partial charge < -0.3 is 20.2 Å². The topological polar surface area (TPSA) is 81.8 Å². The highest BCUT2D eigenvalue weighted by molar-refractivity contribution is 5.92. The predicted molar refractivity (Wildman–Crippen MR) is 136 cm³/mol. The number of nitrogens with one attached hydrogen (secondary N) is 1. The number of halogens is 1. The Hall–Kier alpha value is -3.56. The molecule has 2 aromatic carbocycles. The normalized spacial score (nSPS) is 23.2. The molecule has 0 bridgehead atoms. The second kappa shape index (κ2) is 9.83. The lowest BCUT2D eigenvalue weighted by molar-refractivity contribution is 0.198. The van der Waals surface area contributed by atoms with E-state index in [2.05, 4.69) is 20.5 Å². The molecule has 6 rings (SSSR count). The number of aromatic nitrogens is 3. The van der Waals surface area contributed by atoms with Gasteiger partial charge in [-0.2, -0.15) is 0 Å². The average molecular weight is 488 g/mol. The summed E-state index contributed by atoms with van der Waals surface area (Å²) in [6, 6.07) is 15.2. The molecule has 3 aliphatic rings. The van der Waals surface area contributed by atoms with Crippen molar-refractivity contribution in [3.05, 3.63) is 84.2 Å². The van der Waals surface area contributed by atoms with Crippen LogP contribution in [0, 0.1) is 5.82 Å². The Morgan fingerprint density at radius 1 is 1.03 bits per heavy atom. The van der Waals surface area contributed by atoms with Crippen molar-refractivity contribution in [1.82, 2.24) is 25.2 Å². The Labute approximate surface area is 209 Å². The van der Waals surface area contributed by atoms with Crippen LogP contribution < -0.4 is 10.2 Å². The van der Waals surface area contributed by atoms with Crippen molar-refractivity contribution in [1.29, 1.82) is 0 Å². The molecular weight excluding hydrogens is 457 g/mol. The number of aliphatic hydroxyl groups is 1. The van der Waals surface area contributed by atoms with Crippen molar-refractivity contribution in [2.45, 2.75) is 43.9 Å². The van der Waals surface area contributed by atoms with Crippen LogP contribution in [0.1, 0.15) is 37.2 Å². The first kappa shape index (κ1) is 22.9. The zero-order valence-electron chi connectivity index (χ0n) is 20.0. The highest BCUT2D eigenvalue weighted by atomic mass is 19.1. The van der Waals surface area contributed by atoms with Crippen LogP contribution in [-0.4, -0.2) is 62.7 Å². The third-order valence-electron chi connectivity index (χ3n) is 7.16. The monoisotopic (exact) mass is 487 g/mol. The summed E-state index contributed by atoms with van der Waals surface area (Å²) >= 11 is 0.